The van der Waals surface area contributed by atoms with E-state index in [1.165, 1.54) is 11.1 Å². The maximum absolute atomic E-state index is 5.75. The summed E-state index contributed by atoms with van der Waals surface area (Å²) in [6.07, 6.45) is 0.984. The van der Waals surface area contributed by atoms with Gasteiger partial charge in [0.05, 0.1) is 0 Å². The second-order valence-corrected chi connectivity index (χ2v) is 2.88. The van der Waals surface area contributed by atoms with Crippen molar-refractivity contribution in [3.63, 3.8) is 0 Å². The number of alkyl halides is 1. The summed E-state index contributed by atoms with van der Waals surface area (Å²) in [5.74, 6) is 5.85. The van der Waals surface area contributed by atoms with E-state index in [4.69, 9.17) is 17.4 Å². The number of nitrogens with two attached hydrogens (primary N) is 1. The average molecular weight is 185 g/mol. The molecule has 0 amide bonds. The molecule has 0 aliphatic rings. The van der Waals surface area contributed by atoms with Gasteiger partial charge in [-0.3, -0.25) is 5.84 Å². The summed E-state index contributed by atoms with van der Waals surface area (Å²) in [6, 6.07) is 5.95. The van der Waals surface area contributed by atoms with Gasteiger partial charge < -0.3 is 5.43 Å². The van der Waals surface area contributed by atoms with E-state index in [1.54, 1.807) is 0 Å². The van der Waals surface area contributed by atoms with Crippen molar-refractivity contribution in [3.05, 3.63) is 29.3 Å². The molecule has 3 N–H and O–H groups in total. The molecule has 1 aromatic rings. The number of hydrogen-bond acceptors (Lipinski definition) is 2. The molecule has 1 aromatic carbocycles. The summed E-state index contributed by atoms with van der Waals surface area (Å²) in [5.41, 5.74) is 5.97. The first-order chi connectivity index (χ1) is 5.81. The van der Waals surface area contributed by atoms with Crippen LogP contribution in [0.1, 0.15) is 18.1 Å². The van der Waals surface area contributed by atoms with E-state index in [0.29, 0.717) is 5.88 Å². The highest BCUT2D eigenvalue weighted by molar-refractivity contribution is 6.17. The Kier molecular flexibility index (Phi) is 3.38. The van der Waals surface area contributed by atoms with Crippen LogP contribution in [0.15, 0.2) is 18.2 Å². The maximum atomic E-state index is 5.75. The number of nitrogen functional groups attached to an aromatic ring is 1. The fraction of sp³-hybridized carbons (Fsp3) is 0.333. The van der Waals surface area contributed by atoms with E-state index >= 15 is 0 Å². The van der Waals surface area contributed by atoms with Crippen molar-refractivity contribution in [3.8, 4) is 0 Å². The van der Waals surface area contributed by atoms with Crippen LogP contribution >= 0.6 is 11.6 Å². The first-order valence-electron chi connectivity index (χ1n) is 3.96. The minimum absolute atomic E-state index is 0.564. The molecule has 0 heterocycles. The molecule has 66 valence electrons. The van der Waals surface area contributed by atoms with Crippen molar-refractivity contribution in [2.24, 2.45) is 5.84 Å². The quantitative estimate of drug-likeness (QED) is 0.430. The third kappa shape index (κ3) is 1.90. The number of rotatable bonds is 3. The van der Waals surface area contributed by atoms with Gasteiger partial charge in [-0.15, -0.1) is 11.6 Å². The van der Waals surface area contributed by atoms with Gasteiger partial charge in [-0.1, -0.05) is 13.0 Å². The second-order valence-electron chi connectivity index (χ2n) is 2.62. The highest BCUT2D eigenvalue weighted by Gasteiger charge is 1.99. The number of nitrogens with one attached hydrogen (secondary N) is 1. The zero-order valence-corrected chi connectivity index (χ0v) is 7.86. The van der Waals surface area contributed by atoms with E-state index in [2.05, 4.69) is 12.3 Å². The first kappa shape index (κ1) is 9.36. The molecule has 0 aliphatic heterocycles. The molecule has 0 saturated heterocycles. The lowest BCUT2D eigenvalue weighted by Gasteiger charge is -2.07. The number of aryl methyl sites for hydroxylation is 1. The Morgan fingerprint density at radius 1 is 1.42 bits per heavy atom. The Bertz CT molecular complexity index is 261. The molecule has 0 atom stereocenters. The van der Waals surface area contributed by atoms with E-state index in [0.717, 1.165) is 12.1 Å². The molecule has 1 rings (SSSR count). The SMILES string of the molecule is CCc1cc(NN)ccc1CCl. The van der Waals surface area contributed by atoms with Crippen LogP contribution in [0.4, 0.5) is 5.69 Å². The van der Waals surface area contributed by atoms with Crippen molar-refractivity contribution in [1.29, 1.82) is 0 Å². The van der Waals surface area contributed by atoms with E-state index in [1.807, 2.05) is 18.2 Å². The molecule has 12 heavy (non-hydrogen) atoms. The van der Waals surface area contributed by atoms with E-state index < -0.39 is 0 Å². The predicted octanol–water partition coefficient (Wildman–Crippen LogP) is 2.27. The van der Waals surface area contributed by atoms with Crippen LogP contribution in [0, 0.1) is 0 Å². The van der Waals surface area contributed by atoms with Gasteiger partial charge in [0.1, 0.15) is 0 Å². The lowest BCUT2D eigenvalue weighted by molar-refractivity contribution is 1.10. The molecule has 0 fully saturated rings. The van der Waals surface area contributed by atoms with Crippen LogP contribution in [-0.4, -0.2) is 0 Å². The summed E-state index contributed by atoms with van der Waals surface area (Å²) in [5, 5.41) is 0. The molecular weight excluding hydrogens is 172 g/mol. The largest absolute Gasteiger partial charge is 0.324 e. The zero-order valence-electron chi connectivity index (χ0n) is 7.10. The Morgan fingerprint density at radius 2 is 2.17 bits per heavy atom. The third-order valence-electron chi connectivity index (χ3n) is 1.90. The van der Waals surface area contributed by atoms with Crippen molar-refractivity contribution in [2.45, 2.75) is 19.2 Å². The molecule has 3 heteroatoms. The van der Waals surface area contributed by atoms with Crippen molar-refractivity contribution < 1.29 is 0 Å². The number of benzene rings is 1. The molecule has 2 nitrogen and oxygen atoms in total. The summed E-state index contributed by atoms with van der Waals surface area (Å²) in [7, 11) is 0. The van der Waals surface area contributed by atoms with E-state index in [9.17, 15) is 0 Å². The van der Waals surface area contributed by atoms with Gasteiger partial charge in [0, 0.05) is 11.6 Å². The first-order valence-corrected chi connectivity index (χ1v) is 4.49. The Hall–Kier alpha value is -0.730. The van der Waals surface area contributed by atoms with Crippen LogP contribution < -0.4 is 11.3 Å². The lowest BCUT2D eigenvalue weighted by Crippen LogP contribution is -2.07. The Morgan fingerprint density at radius 3 is 2.67 bits per heavy atom. The third-order valence-corrected chi connectivity index (χ3v) is 2.19. The number of halogens is 1. The van der Waals surface area contributed by atoms with E-state index in [-0.39, 0.29) is 0 Å². The monoisotopic (exact) mass is 184 g/mol. The number of hydrogen-bond donors (Lipinski definition) is 2. The van der Waals surface area contributed by atoms with Gasteiger partial charge in [0.15, 0.2) is 0 Å². The fourth-order valence-electron chi connectivity index (χ4n) is 1.18. The molecule has 0 bridgehead atoms. The normalized spacial score (nSPS) is 9.92. The Balaban J connectivity index is 3.02. The van der Waals surface area contributed by atoms with Gasteiger partial charge in [-0.2, -0.15) is 0 Å². The van der Waals surface area contributed by atoms with Crippen molar-refractivity contribution in [2.75, 3.05) is 5.43 Å². The second kappa shape index (κ2) is 4.33. The van der Waals surface area contributed by atoms with Crippen LogP contribution in [0.25, 0.3) is 0 Å². The van der Waals surface area contributed by atoms with Crippen LogP contribution in [0.3, 0.4) is 0 Å². The number of hydrazine groups is 1. The zero-order chi connectivity index (χ0) is 8.97. The van der Waals surface area contributed by atoms with Crippen molar-refractivity contribution >= 4 is 17.3 Å². The fourth-order valence-corrected chi connectivity index (χ4v) is 1.44. The molecule has 0 spiro atoms. The van der Waals surface area contributed by atoms with Crippen LogP contribution in [0.2, 0.25) is 0 Å². The van der Waals surface area contributed by atoms with Gasteiger partial charge in [-0.25, -0.2) is 0 Å². The molecule has 0 radical (unpaired) electrons. The standard InChI is InChI=1S/C9H13ClN2/c1-2-7-5-9(12-11)4-3-8(7)6-10/h3-5,12H,2,6,11H2,1H3. The predicted molar refractivity (Wildman–Crippen MR) is 53.2 cm³/mol. The minimum Gasteiger partial charge on any atom is -0.324 e. The Labute approximate surface area is 77.7 Å². The number of anilines is 1. The summed E-state index contributed by atoms with van der Waals surface area (Å²) >= 11 is 5.75. The van der Waals surface area contributed by atoms with Crippen LogP contribution in [-0.2, 0) is 12.3 Å². The maximum Gasteiger partial charge on any atom is 0.0488 e. The van der Waals surface area contributed by atoms with Crippen LogP contribution in [0.5, 0.6) is 0 Å². The molecule has 0 aromatic heterocycles. The summed E-state index contributed by atoms with van der Waals surface area (Å²) in [6.45, 7) is 2.10. The summed E-state index contributed by atoms with van der Waals surface area (Å²) < 4.78 is 0. The van der Waals surface area contributed by atoms with Crippen molar-refractivity contribution in [1.82, 2.24) is 0 Å². The minimum atomic E-state index is 0.564. The van der Waals surface area contributed by atoms with Gasteiger partial charge in [0.2, 0.25) is 0 Å². The smallest absolute Gasteiger partial charge is 0.0488 e. The van der Waals surface area contributed by atoms with Gasteiger partial charge >= 0.3 is 0 Å². The highest BCUT2D eigenvalue weighted by Crippen LogP contribution is 2.17. The van der Waals surface area contributed by atoms with Gasteiger partial charge in [0.25, 0.3) is 0 Å². The molecular formula is C9H13ClN2. The molecule has 0 unspecified atom stereocenters. The molecule has 0 aliphatic carbocycles. The highest BCUT2D eigenvalue weighted by atomic mass is 35.5. The topological polar surface area (TPSA) is 38.0 Å². The lowest BCUT2D eigenvalue weighted by atomic mass is 10.1. The average Bonchev–Trinajstić information content (AvgIpc) is 2.16. The van der Waals surface area contributed by atoms with Gasteiger partial charge in [-0.05, 0) is 29.7 Å². The molecule has 0 saturated carbocycles. The summed E-state index contributed by atoms with van der Waals surface area (Å²) in [4.78, 5) is 0.